The Labute approximate surface area is 197 Å². The highest BCUT2D eigenvalue weighted by Crippen LogP contribution is 2.31. The van der Waals surface area contributed by atoms with Crippen LogP contribution in [0, 0.1) is 5.92 Å². The molecule has 11 heteroatoms. The van der Waals surface area contributed by atoms with E-state index >= 15 is 0 Å². The number of nitrogens with one attached hydrogen (secondary N) is 1. The minimum atomic E-state index is -4.49. The number of piperidine rings is 1. The van der Waals surface area contributed by atoms with Crippen LogP contribution < -0.4 is 10.2 Å². The van der Waals surface area contributed by atoms with Gasteiger partial charge in [-0.15, -0.1) is 11.3 Å². The van der Waals surface area contributed by atoms with Gasteiger partial charge in [0, 0.05) is 35.4 Å². The monoisotopic (exact) mass is 498 g/mol. The molecular formula is C22H22ClF3N4O2S. The van der Waals surface area contributed by atoms with Crippen LogP contribution in [0.4, 0.5) is 23.8 Å². The predicted molar refractivity (Wildman–Crippen MR) is 122 cm³/mol. The maximum absolute atomic E-state index is 12.6. The summed E-state index contributed by atoms with van der Waals surface area (Å²) in [6.45, 7) is 1.92. The number of hydrogen-bond acceptors (Lipinski definition) is 6. The summed E-state index contributed by atoms with van der Waals surface area (Å²) in [6, 6.07) is 9.69. The number of amides is 1. The van der Waals surface area contributed by atoms with Gasteiger partial charge in [-0.3, -0.25) is 0 Å². The zero-order valence-electron chi connectivity index (χ0n) is 17.6. The summed E-state index contributed by atoms with van der Waals surface area (Å²) in [4.78, 5) is 22.3. The number of rotatable bonds is 6. The van der Waals surface area contributed by atoms with Gasteiger partial charge < -0.3 is 15.0 Å². The van der Waals surface area contributed by atoms with Gasteiger partial charge in [0.1, 0.15) is 12.4 Å². The fraction of sp³-hybridized carbons (Fsp3) is 0.409. The van der Waals surface area contributed by atoms with Crippen LogP contribution in [0.5, 0.6) is 0 Å². The van der Waals surface area contributed by atoms with Crippen molar-refractivity contribution in [3.63, 3.8) is 0 Å². The lowest BCUT2D eigenvalue weighted by atomic mass is 9.93. The van der Waals surface area contributed by atoms with Crippen LogP contribution in [0.25, 0.3) is 10.9 Å². The average Bonchev–Trinajstić information content (AvgIpc) is 3.28. The summed E-state index contributed by atoms with van der Waals surface area (Å²) in [6.07, 6.45) is -2.37. The number of hydrogen-bond donors (Lipinski definition) is 1. The van der Waals surface area contributed by atoms with Gasteiger partial charge in [0.05, 0.1) is 11.2 Å². The third-order valence-electron chi connectivity index (χ3n) is 5.54. The molecule has 1 aromatic carbocycles. The van der Waals surface area contributed by atoms with Crippen molar-refractivity contribution >= 4 is 45.8 Å². The van der Waals surface area contributed by atoms with Gasteiger partial charge >= 0.3 is 12.3 Å². The largest absolute Gasteiger partial charge is 0.443 e. The number of anilines is 1. The molecule has 2 aromatic heterocycles. The van der Waals surface area contributed by atoms with Crippen LogP contribution in [-0.4, -0.2) is 35.7 Å². The Morgan fingerprint density at radius 3 is 2.73 bits per heavy atom. The van der Waals surface area contributed by atoms with Crippen molar-refractivity contribution < 1.29 is 22.7 Å². The van der Waals surface area contributed by atoms with Gasteiger partial charge in [-0.25, -0.2) is 14.8 Å². The molecule has 0 saturated carbocycles. The van der Waals surface area contributed by atoms with Crippen LogP contribution in [-0.2, 0) is 17.5 Å². The van der Waals surface area contributed by atoms with E-state index < -0.39 is 17.3 Å². The molecule has 0 atom stereocenters. The maximum atomic E-state index is 12.6. The molecule has 1 saturated heterocycles. The Hall–Kier alpha value is -2.59. The van der Waals surface area contributed by atoms with Crippen LogP contribution >= 0.6 is 22.9 Å². The fourth-order valence-corrected chi connectivity index (χ4v) is 4.64. The first-order valence-electron chi connectivity index (χ1n) is 10.5. The van der Waals surface area contributed by atoms with E-state index in [9.17, 15) is 18.0 Å². The molecule has 33 heavy (non-hydrogen) atoms. The number of thiazole rings is 1. The Bertz CT molecular complexity index is 1120. The van der Waals surface area contributed by atoms with Crippen molar-refractivity contribution in [1.82, 2.24) is 15.3 Å². The number of carbonyl (C=O) groups is 1. The van der Waals surface area contributed by atoms with Gasteiger partial charge in [0.15, 0.2) is 5.01 Å². The fourth-order valence-electron chi connectivity index (χ4n) is 3.78. The predicted octanol–water partition coefficient (Wildman–Crippen LogP) is 5.90. The molecule has 1 N–H and O–H groups in total. The number of carbonyl (C=O) groups excluding carboxylic acids is 1. The Kier molecular flexibility index (Phi) is 7.23. The second-order valence-corrected chi connectivity index (χ2v) is 9.16. The standard InChI is InChI=1S/C22H22ClF3N4O2S/c23-16-2-3-18-15(11-16)1-4-19(29-18)30-9-6-14(7-10-30)5-8-27-21(31)32-12-17-13-33-20(28-17)22(24,25)26/h1-4,11,13-14H,5-10,12H2,(H,27,31). The molecule has 1 aliphatic heterocycles. The van der Waals surface area contributed by atoms with Crippen molar-refractivity contribution in [2.24, 2.45) is 5.92 Å². The SMILES string of the molecule is O=C(NCCC1CCN(c2ccc3cc(Cl)ccc3n2)CC1)OCc1csc(C(F)(F)F)n1. The zero-order chi connectivity index (χ0) is 23.4. The summed E-state index contributed by atoms with van der Waals surface area (Å²) < 4.78 is 42.6. The number of benzene rings is 1. The van der Waals surface area contributed by atoms with Crippen molar-refractivity contribution in [2.75, 3.05) is 24.5 Å². The molecule has 1 amide bonds. The molecule has 0 bridgehead atoms. The van der Waals surface area contributed by atoms with Crippen LogP contribution in [0.3, 0.4) is 0 Å². The van der Waals surface area contributed by atoms with Crippen molar-refractivity contribution in [1.29, 1.82) is 0 Å². The second-order valence-electron chi connectivity index (χ2n) is 7.87. The number of alkyl halides is 3. The molecular weight excluding hydrogens is 477 g/mol. The number of ether oxygens (including phenoxy) is 1. The van der Waals surface area contributed by atoms with Crippen molar-refractivity contribution in [2.45, 2.75) is 32.0 Å². The quantitative estimate of drug-likeness (QED) is 0.458. The third-order valence-corrected chi connectivity index (χ3v) is 6.71. The average molecular weight is 499 g/mol. The van der Waals surface area contributed by atoms with Crippen LogP contribution in [0.1, 0.15) is 30.0 Å². The molecule has 4 rings (SSSR count). The number of fused-ring (bicyclic) bond motifs is 1. The highest BCUT2D eigenvalue weighted by atomic mass is 35.5. The van der Waals surface area contributed by atoms with Crippen LogP contribution in [0.15, 0.2) is 35.7 Å². The Balaban J connectivity index is 1.16. The minimum Gasteiger partial charge on any atom is -0.443 e. The third kappa shape index (κ3) is 6.26. The van der Waals surface area contributed by atoms with E-state index in [2.05, 4.69) is 15.2 Å². The lowest BCUT2D eigenvalue weighted by Gasteiger charge is -2.33. The normalized spacial score (nSPS) is 15.1. The summed E-state index contributed by atoms with van der Waals surface area (Å²) in [5.74, 6) is 1.41. The zero-order valence-corrected chi connectivity index (χ0v) is 19.1. The Morgan fingerprint density at radius 1 is 1.21 bits per heavy atom. The molecule has 3 aromatic rings. The molecule has 0 unspecified atom stereocenters. The van der Waals surface area contributed by atoms with E-state index in [0.29, 0.717) is 28.8 Å². The number of pyridine rings is 1. The van der Waals surface area contributed by atoms with E-state index in [0.717, 1.165) is 49.1 Å². The molecule has 0 spiro atoms. The smallest absolute Gasteiger partial charge is 0.443 e. The van der Waals surface area contributed by atoms with E-state index in [1.165, 1.54) is 5.38 Å². The Morgan fingerprint density at radius 2 is 2.00 bits per heavy atom. The summed E-state index contributed by atoms with van der Waals surface area (Å²) in [5.41, 5.74) is 0.995. The summed E-state index contributed by atoms with van der Waals surface area (Å²) in [7, 11) is 0. The number of aromatic nitrogens is 2. The molecule has 176 valence electrons. The number of alkyl carbamates (subject to hydrolysis) is 1. The van der Waals surface area contributed by atoms with E-state index in [1.54, 1.807) is 0 Å². The van der Waals surface area contributed by atoms with Gasteiger partial charge in [0.25, 0.3) is 0 Å². The molecule has 6 nitrogen and oxygen atoms in total. The van der Waals surface area contributed by atoms with Gasteiger partial charge in [-0.1, -0.05) is 11.6 Å². The van der Waals surface area contributed by atoms with Crippen molar-refractivity contribution in [3.05, 3.63) is 51.4 Å². The molecule has 1 fully saturated rings. The maximum Gasteiger partial charge on any atom is 0.443 e. The lowest BCUT2D eigenvalue weighted by Crippen LogP contribution is -2.35. The molecule has 3 heterocycles. The van der Waals surface area contributed by atoms with E-state index in [1.807, 2.05) is 30.3 Å². The van der Waals surface area contributed by atoms with Crippen molar-refractivity contribution in [3.8, 4) is 0 Å². The first-order valence-corrected chi connectivity index (χ1v) is 11.8. The molecule has 1 aliphatic rings. The van der Waals surface area contributed by atoms with Gasteiger partial charge in [-0.2, -0.15) is 13.2 Å². The van der Waals surface area contributed by atoms with Crippen LogP contribution in [0.2, 0.25) is 5.02 Å². The highest BCUT2D eigenvalue weighted by Gasteiger charge is 2.34. The number of nitrogens with zero attached hydrogens (tertiary/aromatic N) is 3. The van der Waals surface area contributed by atoms with Gasteiger partial charge in [0.2, 0.25) is 0 Å². The summed E-state index contributed by atoms with van der Waals surface area (Å²) >= 11 is 6.52. The minimum absolute atomic E-state index is 0.0836. The topological polar surface area (TPSA) is 67.4 Å². The highest BCUT2D eigenvalue weighted by molar-refractivity contribution is 7.09. The van der Waals surface area contributed by atoms with E-state index in [4.69, 9.17) is 21.3 Å². The van der Waals surface area contributed by atoms with Gasteiger partial charge in [-0.05, 0) is 55.5 Å². The lowest BCUT2D eigenvalue weighted by molar-refractivity contribution is -0.137. The summed E-state index contributed by atoms with van der Waals surface area (Å²) in [5, 5.41) is 4.65. The first-order chi connectivity index (χ1) is 15.8. The molecule has 0 radical (unpaired) electrons. The molecule has 0 aliphatic carbocycles. The first kappa shape index (κ1) is 23.6. The van der Waals surface area contributed by atoms with E-state index in [-0.39, 0.29) is 12.3 Å². The number of halogens is 4. The second kappa shape index (κ2) is 10.1.